The Kier molecular flexibility index (Phi) is 5.66. The first-order valence-corrected chi connectivity index (χ1v) is 8.75. The Hall–Kier alpha value is -3.12. The normalized spacial score (nSPS) is 18.8. The van der Waals surface area contributed by atoms with Gasteiger partial charge >= 0.3 is 0 Å². The number of azo groups is 1. The molecule has 6 heteroatoms. The van der Waals surface area contributed by atoms with Gasteiger partial charge in [-0.2, -0.15) is 0 Å². The minimum Gasteiger partial charge on any atom is -0.289 e. The van der Waals surface area contributed by atoms with Gasteiger partial charge in [-0.3, -0.25) is 9.59 Å². The largest absolute Gasteiger partial charge is 0.289 e. The lowest BCUT2D eigenvalue weighted by molar-refractivity contribution is 0.103. The van der Waals surface area contributed by atoms with Gasteiger partial charge < -0.3 is 0 Å². The Morgan fingerprint density at radius 3 is 1.96 bits per heavy atom. The molecule has 1 aliphatic rings. The maximum absolute atomic E-state index is 12.2. The number of ketones is 2. The molecule has 128 valence electrons. The molecule has 0 fully saturated rings. The van der Waals surface area contributed by atoms with Crippen molar-refractivity contribution < 1.29 is 9.59 Å². The van der Waals surface area contributed by atoms with Gasteiger partial charge in [-0.15, -0.1) is 10.2 Å². The monoisotopic (exact) mass is 361 g/mol. The second-order valence-electron chi connectivity index (χ2n) is 5.33. The summed E-state index contributed by atoms with van der Waals surface area (Å²) in [5.74, 6) is -0.260. The number of carbonyl (C=O) groups excluding carboxylic acids is 2. The van der Waals surface area contributed by atoms with E-state index in [9.17, 15) is 9.59 Å². The van der Waals surface area contributed by atoms with Crippen molar-refractivity contribution in [2.45, 2.75) is 4.99 Å². The van der Waals surface area contributed by atoms with Gasteiger partial charge in [0.05, 0.1) is 0 Å². The van der Waals surface area contributed by atoms with E-state index in [0.717, 1.165) is 0 Å². The minimum atomic E-state index is -1.06. The molecule has 1 aliphatic heterocycles. The third-order valence-electron chi connectivity index (χ3n) is 3.52. The SMILES string of the molecule is O=C(C=CSC1(C=CC(=O)c2ccccc2)N=CN=N1)c1ccccc1. The summed E-state index contributed by atoms with van der Waals surface area (Å²) in [6.07, 6.45) is 5.80. The highest BCUT2D eigenvalue weighted by molar-refractivity contribution is 8.03. The van der Waals surface area contributed by atoms with E-state index in [2.05, 4.69) is 15.2 Å². The highest BCUT2D eigenvalue weighted by Gasteiger charge is 2.28. The summed E-state index contributed by atoms with van der Waals surface area (Å²) in [5, 5.41) is 9.46. The van der Waals surface area contributed by atoms with E-state index in [0.29, 0.717) is 11.1 Å². The van der Waals surface area contributed by atoms with Crippen LogP contribution in [0.15, 0.2) is 99.5 Å². The molecule has 1 unspecified atom stereocenters. The molecule has 1 atom stereocenters. The summed E-state index contributed by atoms with van der Waals surface area (Å²) in [6.45, 7) is 0. The minimum absolute atomic E-state index is 0.114. The van der Waals surface area contributed by atoms with Crippen LogP contribution >= 0.6 is 11.8 Å². The Balaban J connectivity index is 1.69. The molecular weight excluding hydrogens is 346 g/mol. The van der Waals surface area contributed by atoms with Gasteiger partial charge in [-0.1, -0.05) is 72.4 Å². The Bertz CT molecular complexity index is 891. The average molecular weight is 361 g/mol. The van der Waals surface area contributed by atoms with Crippen molar-refractivity contribution >= 4 is 29.7 Å². The summed E-state index contributed by atoms with van der Waals surface area (Å²) in [6, 6.07) is 17.9. The quantitative estimate of drug-likeness (QED) is 0.530. The lowest BCUT2D eigenvalue weighted by atomic mass is 10.1. The molecule has 0 amide bonds. The van der Waals surface area contributed by atoms with Crippen LogP contribution in [0.5, 0.6) is 0 Å². The smallest absolute Gasteiger partial charge is 0.241 e. The van der Waals surface area contributed by atoms with Gasteiger partial charge in [-0.25, -0.2) is 4.99 Å². The van der Waals surface area contributed by atoms with Crippen LogP contribution in [-0.2, 0) is 0 Å². The Morgan fingerprint density at radius 1 is 0.846 bits per heavy atom. The molecule has 26 heavy (non-hydrogen) atoms. The first kappa shape index (κ1) is 17.7. The predicted molar refractivity (Wildman–Crippen MR) is 103 cm³/mol. The van der Waals surface area contributed by atoms with E-state index >= 15 is 0 Å². The maximum Gasteiger partial charge on any atom is 0.241 e. The van der Waals surface area contributed by atoms with Gasteiger partial charge in [0.1, 0.15) is 6.34 Å². The van der Waals surface area contributed by atoms with Crippen LogP contribution in [0.2, 0.25) is 0 Å². The van der Waals surface area contributed by atoms with Crippen LogP contribution in [0.4, 0.5) is 0 Å². The van der Waals surface area contributed by atoms with Crippen molar-refractivity contribution in [2.75, 3.05) is 0 Å². The van der Waals surface area contributed by atoms with Crippen molar-refractivity contribution in [3.8, 4) is 0 Å². The van der Waals surface area contributed by atoms with E-state index in [1.165, 1.54) is 30.3 Å². The van der Waals surface area contributed by atoms with Gasteiger partial charge in [-0.05, 0) is 23.6 Å². The van der Waals surface area contributed by atoms with Gasteiger partial charge in [0.15, 0.2) is 11.6 Å². The zero-order valence-electron chi connectivity index (χ0n) is 13.7. The van der Waals surface area contributed by atoms with E-state index in [1.54, 1.807) is 47.9 Å². The number of rotatable bonds is 7. The molecule has 1 heterocycles. The first-order valence-electron chi connectivity index (χ1n) is 7.87. The number of carbonyl (C=O) groups is 2. The molecular formula is C20H15N3O2S. The fraction of sp³-hybridized carbons (Fsp3) is 0.0500. The molecule has 3 rings (SSSR count). The van der Waals surface area contributed by atoms with E-state index in [-0.39, 0.29) is 11.6 Å². The third-order valence-corrected chi connectivity index (χ3v) is 4.47. The van der Waals surface area contributed by atoms with Gasteiger partial charge in [0.25, 0.3) is 0 Å². The fourth-order valence-electron chi connectivity index (χ4n) is 2.19. The number of hydrogen-bond donors (Lipinski definition) is 0. The lowest BCUT2D eigenvalue weighted by Crippen LogP contribution is -2.12. The van der Waals surface area contributed by atoms with Crippen LogP contribution in [0, 0.1) is 0 Å². The van der Waals surface area contributed by atoms with E-state index < -0.39 is 4.99 Å². The second kappa shape index (κ2) is 8.31. The summed E-state index contributed by atoms with van der Waals surface area (Å²) >= 11 is 1.19. The third kappa shape index (κ3) is 4.49. The molecule has 2 aromatic carbocycles. The molecule has 0 aromatic heterocycles. The lowest BCUT2D eigenvalue weighted by Gasteiger charge is -2.13. The summed E-state index contributed by atoms with van der Waals surface area (Å²) < 4.78 is 0. The number of allylic oxidation sites excluding steroid dienone is 2. The standard InChI is InChI=1S/C20H15N3O2S/c24-18(16-7-3-1-4-8-16)11-13-20(21-15-22-23-20)26-14-12-19(25)17-9-5-2-6-10-17/h1-15H. The van der Waals surface area contributed by atoms with Crippen LogP contribution in [0.1, 0.15) is 20.7 Å². The molecule has 0 saturated carbocycles. The molecule has 0 saturated heterocycles. The number of aliphatic imine (C=N–C) groups is 1. The van der Waals surface area contributed by atoms with Gasteiger partial charge in [0.2, 0.25) is 4.99 Å². The van der Waals surface area contributed by atoms with Crippen LogP contribution in [0.3, 0.4) is 0 Å². The van der Waals surface area contributed by atoms with Crippen LogP contribution < -0.4 is 0 Å². The predicted octanol–water partition coefficient (Wildman–Crippen LogP) is 4.70. The van der Waals surface area contributed by atoms with Crippen LogP contribution in [0.25, 0.3) is 0 Å². The second-order valence-corrected chi connectivity index (χ2v) is 6.44. The summed E-state index contributed by atoms with van der Waals surface area (Å²) in [4.78, 5) is 27.5. The fourth-order valence-corrected chi connectivity index (χ4v) is 2.93. The molecule has 2 aromatic rings. The number of benzene rings is 2. The average Bonchev–Trinajstić information content (AvgIpc) is 3.16. The van der Waals surface area contributed by atoms with E-state index in [4.69, 9.17) is 0 Å². The molecule has 0 aliphatic carbocycles. The van der Waals surface area contributed by atoms with Crippen molar-refractivity contribution in [3.05, 3.63) is 95.4 Å². The van der Waals surface area contributed by atoms with Gasteiger partial charge in [0, 0.05) is 11.1 Å². The topological polar surface area (TPSA) is 71.2 Å². The zero-order valence-corrected chi connectivity index (χ0v) is 14.5. The summed E-state index contributed by atoms with van der Waals surface area (Å²) in [5.41, 5.74) is 1.18. The van der Waals surface area contributed by atoms with Crippen molar-refractivity contribution in [2.24, 2.45) is 15.2 Å². The molecule has 0 N–H and O–H groups in total. The zero-order chi connectivity index (χ0) is 18.2. The van der Waals surface area contributed by atoms with E-state index in [1.807, 2.05) is 24.3 Å². The summed E-state index contributed by atoms with van der Waals surface area (Å²) in [7, 11) is 0. The molecule has 0 radical (unpaired) electrons. The number of nitrogens with zero attached hydrogens (tertiary/aromatic N) is 3. The van der Waals surface area contributed by atoms with Crippen molar-refractivity contribution in [1.29, 1.82) is 0 Å². The maximum atomic E-state index is 12.2. The molecule has 0 spiro atoms. The van der Waals surface area contributed by atoms with Crippen LogP contribution in [-0.4, -0.2) is 22.9 Å². The highest BCUT2D eigenvalue weighted by atomic mass is 32.2. The Labute approximate surface area is 155 Å². The molecule has 5 nitrogen and oxygen atoms in total. The first-order chi connectivity index (χ1) is 12.7. The Morgan fingerprint density at radius 2 is 1.42 bits per heavy atom. The van der Waals surface area contributed by atoms with Crippen molar-refractivity contribution in [1.82, 2.24) is 0 Å². The number of hydrogen-bond acceptors (Lipinski definition) is 6. The van der Waals surface area contributed by atoms with Crippen molar-refractivity contribution in [3.63, 3.8) is 0 Å². The highest BCUT2D eigenvalue weighted by Crippen LogP contribution is 2.34. The number of thioether (sulfide) groups is 1. The molecule has 0 bridgehead atoms.